The van der Waals surface area contributed by atoms with Crippen molar-refractivity contribution < 1.29 is 14.3 Å². The van der Waals surface area contributed by atoms with E-state index in [1.54, 1.807) is 6.92 Å². The summed E-state index contributed by atoms with van der Waals surface area (Å²) in [5.41, 5.74) is 0.0634. The number of halogens is 1. The van der Waals surface area contributed by atoms with Gasteiger partial charge in [-0.25, -0.2) is 9.18 Å². The average Bonchev–Trinajstić information content (AvgIpc) is 2.95. The third kappa shape index (κ3) is 4.51. The van der Waals surface area contributed by atoms with Crippen molar-refractivity contribution in [3.63, 3.8) is 0 Å². The van der Waals surface area contributed by atoms with Gasteiger partial charge in [-0.3, -0.25) is 4.98 Å². The molecule has 112 valence electrons. The molecule has 21 heavy (non-hydrogen) atoms. The number of carbonyl (C=O) groups is 1. The van der Waals surface area contributed by atoms with Crippen LogP contribution in [0.3, 0.4) is 0 Å². The third-order valence-corrected chi connectivity index (χ3v) is 3.82. The Hall–Kier alpha value is -1.99. The quantitative estimate of drug-likeness (QED) is 0.795. The maximum Gasteiger partial charge on any atom is 0.319 e. The number of urea groups is 1. The molecule has 3 N–H and O–H groups in total. The summed E-state index contributed by atoms with van der Waals surface area (Å²) in [5, 5.41) is 16.9. The number of nitrogens with one attached hydrogen (secondary N) is 2. The number of nitrogens with zero attached hydrogens (tertiary/aromatic N) is 1. The van der Waals surface area contributed by atoms with E-state index in [-0.39, 0.29) is 11.7 Å². The minimum atomic E-state index is -0.627. The van der Waals surface area contributed by atoms with E-state index in [0.717, 1.165) is 11.1 Å². The highest BCUT2D eigenvalue weighted by atomic mass is 32.1. The molecule has 2 amide bonds. The van der Waals surface area contributed by atoms with E-state index in [2.05, 4.69) is 15.6 Å². The summed E-state index contributed by atoms with van der Waals surface area (Å²) < 4.78 is 13.3. The molecule has 0 saturated heterocycles. The molecule has 0 spiro atoms. The summed E-state index contributed by atoms with van der Waals surface area (Å²) in [7, 11) is 0. The molecule has 0 aliphatic rings. The molecule has 0 radical (unpaired) electrons. The summed E-state index contributed by atoms with van der Waals surface area (Å²) in [4.78, 5) is 16.2. The zero-order valence-electron chi connectivity index (χ0n) is 11.4. The van der Waals surface area contributed by atoms with Crippen LogP contribution in [0.1, 0.15) is 24.3 Å². The van der Waals surface area contributed by atoms with Crippen LogP contribution in [-0.2, 0) is 0 Å². The Bertz CT molecular complexity index is 592. The Labute approximate surface area is 125 Å². The number of anilines is 1. The standard InChI is InChI=1S/C14H16FN3O2S/c1-9(7-12(19)13-3-2-6-21-13)17-14(20)18-11-4-5-16-8-10(11)15/h2-6,8-9,12,19H,7H2,1H3,(H2,16,17,18,20)/t9-,12-/m1/s1. The van der Waals surface area contributed by atoms with Gasteiger partial charge in [-0.05, 0) is 30.9 Å². The van der Waals surface area contributed by atoms with Crippen LogP contribution in [0.2, 0.25) is 0 Å². The molecule has 0 unspecified atom stereocenters. The van der Waals surface area contributed by atoms with Gasteiger partial charge in [0.2, 0.25) is 0 Å². The smallest absolute Gasteiger partial charge is 0.319 e. The topological polar surface area (TPSA) is 74.2 Å². The van der Waals surface area contributed by atoms with Gasteiger partial charge in [0.05, 0.1) is 18.0 Å². The highest BCUT2D eigenvalue weighted by Gasteiger charge is 2.15. The summed E-state index contributed by atoms with van der Waals surface area (Å²) >= 11 is 1.46. The van der Waals surface area contributed by atoms with Crippen molar-refractivity contribution in [2.75, 3.05) is 5.32 Å². The normalized spacial score (nSPS) is 13.5. The maximum atomic E-state index is 13.3. The zero-order chi connectivity index (χ0) is 15.2. The predicted octanol–water partition coefficient (Wildman–Crippen LogP) is 2.92. The lowest BCUT2D eigenvalue weighted by Gasteiger charge is -2.17. The van der Waals surface area contributed by atoms with Crippen molar-refractivity contribution in [3.8, 4) is 0 Å². The van der Waals surface area contributed by atoms with E-state index in [4.69, 9.17) is 0 Å². The summed E-state index contributed by atoms with van der Waals surface area (Å²) in [6.45, 7) is 1.78. The zero-order valence-corrected chi connectivity index (χ0v) is 12.2. The highest BCUT2D eigenvalue weighted by Crippen LogP contribution is 2.22. The number of carbonyl (C=O) groups excluding carboxylic acids is 1. The third-order valence-electron chi connectivity index (χ3n) is 2.85. The Morgan fingerprint density at radius 1 is 1.52 bits per heavy atom. The van der Waals surface area contributed by atoms with Crippen LogP contribution in [0.15, 0.2) is 36.0 Å². The Morgan fingerprint density at radius 2 is 2.33 bits per heavy atom. The molecular weight excluding hydrogens is 293 g/mol. The van der Waals surface area contributed by atoms with E-state index in [9.17, 15) is 14.3 Å². The van der Waals surface area contributed by atoms with Crippen LogP contribution < -0.4 is 10.6 Å². The molecule has 5 nitrogen and oxygen atoms in total. The van der Waals surface area contributed by atoms with Crippen molar-refractivity contribution in [1.29, 1.82) is 0 Å². The van der Waals surface area contributed by atoms with Gasteiger partial charge in [-0.2, -0.15) is 0 Å². The van der Waals surface area contributed by atoms with Crippen LogP contribution in [0.5, 0.6) is 0 Å². The van der Waals surface area contributed by atoms with Gasteiger partial charge in [-0.15, -0.1) is 11.3 Å². The lowest BCUT2D eigenvalue weighted by molar-refractivity contribution is 0.158. The molecule has 2 rings (SSSR count). The first kappa shape index (κ1) is 15.4. The average molecular weight is 309 g/mol. The first-order chi connectivity index (χ1) is 10.1. The van der Waals surface area contributed by atoms with Crippen LogP contribution in [0.25, 0.3) is 0 Å². The van der Waals surface area contributed by atoms with Crippen molar-refractivity contribution in [3.05, 3.63) is 46.7 Å². The number of aromatic nitrogens is 1. The van der Waals surface area contributed by atoms with Gasteiger partial charge in [-0.1, -0.05) is 6.07 Å². The Kier molecular flexibility index (Phi) is 5.24. The number of rotatable bonds is 5. The predicted molar refractivity (Wildman–Crippen MR) is 79.7 cm³/mol. The molecular formula is C14H16FN3O2S. The SMILES string of the molecule is C[C@H](C[C@@H](O)c1cccs1)NC(=O)Nc1ccncc1F. The molecule has 0 fully saturated rings. The molecule has 0 aromatic carbocycles. The number of thiophene rings is 1. The summed E-state index contributed by atoms with van der Waals surface area (Å²) in [6, 6.07) is 4.30. The van der Waals surface area contributed by atoms with E-state index in [1.165, 1.54) is 23.6 Å². The highest BCUT2D eigenvalue weighted by molar-refractivity contribution is 7.10. The van der Waals surface area contributed by atoms with E-state index in [0.29, 0.717) is 6.42 Å². The second-order valence-corrected chi connectivity index (χ2v) is 5.60. The largest absolute Gasteiger partial charge is 0.387 e. The van der Waals surface area contributed by atoms with Crippen molar-refractivity contribution in [2.24, 2.45) is 0 Å². The van der Waals surface area contributed by atoms with E-state index in [1.807, 2.05) is 17.5 Å². The van der Waals surface area contributed by atoms with Crippen LogP contribution in [-0.4, -0.2) is 22.2 Å². The van der Waals surface area contributed by atoms with Gasteiger partial charge < -0.3 is 15.7 Å². The van der Waals surface area contributed by atoms with Gasteiger partial charge in [0, 0.05) is 17.1 Å². The molecule has 2 aromatic heterocycles. The van der Waals surface area contributed by atoms with Crippen molar-refractivity contribution in [1.82, 2.24) is 10.3 Å². The number of aliphatic hydroxyl groups excluding tert-OH is 1. The Balaban J connectivity index is 1.83. The van der Waals surface area contributed by atoms with Crippen LogP contribution in [0, 0.1) is 5.82 Å². The molecule has 0 aliphatic carbocycles. The fourth-order valence-corrected chi connectivity index (χ4v) is 2.57. The minimum Gasteiger partial charge on any atom is -0.387 e. The molecule has 0 saturated carbocycles. The first-order valence-electron chi connectivity index (χ1n) is 6.44. The fourth-order valence-electron chi connectivity index (χ4n) is 1.85. The molecule has 0 bridgehead atoms. The van der Waals surface area contributed by atoms with Gasteiger partial charge in [0.1, 0.15) is 0 Å². The summed E-state index contributed by atoms with van der Waals surface area (Å²) in [6.07, 6.45) is 2.17. The van der Waals surface area contributed by atoms with E-state index >= 15 is 0 Å². The Morgan fingerprint density at radius 3 is 3.00 bits per heavy atom. The van der Waals surface area contributed by atoms with Gasteiger partial charge in [0.15, 0.2) is 5.82 Å². The number of hydrogen-bond acceptors (Lipinski definition) is 4. The second-order valence-electron chi connectivity index (χ2n) is 4.62. The van der Waals surface area contributed by atoms with Crippen molar-refractivity contribution >= 4 is 23.1 Å². The summed E-state index contributed by atoms with van der Waals surface area (Å²) in [5.74, 6) is -0.598. The molecule has 0 aliphatic heterocycles. The first-order valence-corrected chi connectivity index (χ1v) is 7.32. The van der Waals surface area contributed by atoms with Gasteiger partial charge >= 0.3 is 6.03 Å². The van der Waals surface area contributed by atoms with Crippen molar-refractivity contribution in [2.45, 2.75) is 25.5 Å². The van der Waals surface area contributed by atoms with Crippen LogP contribution in [0.4, 0.5) is 14.9 Å². The number of aliphatic hydroxyl groups is 1. The molecule has 2 aromatic rings. The minimum absolute atomic E-state index is 0.0634. The fraction of sp³-hybridized carbons (Fsp3) is 0.286. The van der Waals surface area contributed by atoms with Gasteiger partial charge in [0.25, 0.3) is 0 Å². The maximum absolute atomic E-state index is 13.3. The number of amides is 2. The number of hydrogen-bond donors (Lipinski definition) is 3. The van der Waals surface area contributed by atoms with Crippen LogP contribution >= 0.6 is 11.3 Å². The molecule has 7 heteroatoms. The lowest BCUT2D eigenvalue weighted by Crippen LogP contribution is -2.37. The lowest BCUT2D eigenvalue weighted by atomic mass is 10.1. The second kappa shape index (κ2) is 7.14. The molecule has 2 atom stereocenters. The molecule has 2 heterocycles. The van der Waals surface area contributed by atoms with E-state index < -0.39 is 18.0 Å². The number of pyridine rings is 1. The monoisotopic (exact) mass is 309 g/mol.